The summed E-state index contributed by atoms with van der Waals surface area (Å²) < 4.78 is 9.72. The average Bonchev–Trinajstić information content (AvgIpc) is 2.97. The number of esters is 2. The van der Waals surface area contributed by atoms with E-state index in [-0.39, 0.29) is 6.03 Å². The number of urea groups is 2. The van der Waals surface area contributed by atoms with Gasteiger partial charge in [0.1, 0.15) is 12.1 Å². The van der Waals surface area contributed by atoms with Crippen LogP contribution in [0, 0.1) is 0 Å². The van der Waals surface area contributed by atoms with Gasteiger partial charge in [-0.3, -0.25) is 4.90 Å². The van der Waals surface area contributed by atoms with Gasteiger partial charge in [-0.2, -0.15) is 0 Å². The summed E-state index contributed by atoms with van der Waals surface area (Å²) in [4.78, 5) is 53.4. The quantitative estimate of drug-likeness (QED) is 0.366. The zero-order chi connectivity index (χ0) is 28.0. The van der Waals surface area contributed by atoms with Crippen molar-refractivity contribution in [2.24, 2.45) is 0 Å². The summed E-state index contributed by atoms with van der Waals surface area (Å²) in [5.41, 5.74) is 1.83. The number of hydrogen-bond donors (Lipinski definition) is 3. The monoisotopic (exact) mass is 539 g/mol. The Balaban J connectivity index is 1.39. The molecule has 210 valence electrons. The molecule has 1 aliphatic heterocycles. The lowest BCUT2D eigenvalue weighted by atomic mass is 10.1. The van der Waals surface area contributed by atoms with Crippen LogP contribution in [0.4, 0.5) is 9.59 Å². The highest BCUT2D eigenvalue weighted by Gasteiger charge is 2.27. The SMILES string of the molecule is COC(=O)C(Cc1ccccc1)NC(=O)NCCN1CCN(C(=O)NC(Cc2ccccc2)C(=O)OC)CC1. The number of ether oxygens (including phenoxy) is 2. The van der Waals surface area contributed by atoms with Crippen molar-refractivity contribution in [2.45, 2.75) is 24.9 Å². The van der Waals surface area contributed by atoms with E-state index >= 15 is 0 Å². The number of hydrogen-bond acceptors (Lipinski definition) is 7. The number of piperazine rings is 1. The van der Waals surface area contributed by atoms with Crippen molar-refractivity contribution in [1.29, 1.82) is 0 Å². The molecule has 0 radical (unpaired) electrons. The van der Waals surface area contributed by atoms with Gasteiger partial charge in [0, 0.05) is 52.1 Å². The lowest BCUT2D eigenvalue weighted by Gasteiger charge is -2.35. The minimum atomic E-state index is -0.796. The Morgan fingerprint density at radius 1 is 0.744 bits per heavy atom. The van der Waals surface area contributed by atoms with Crippen LogP contribution in [0.1, 0.15) is 11.1 Å². The summed E-state index contributed by atoms with van der Waals surface area (Å²) in [6.07, 6.45) is 0.669. The number of carbonyl (C=O) groups excluding carboxylic acids is 4. The van der Waals surface area contributed by atoms with E-state index < -0.39 is 30.1 Å². The summed E-state index contributed by atoms with van der Waals surface area (Å²) >= 11 is 0. The predicted molar refractivity (Wildman–Crippen MR) is 145 cm³/mol. The number of rotatable bonds is 11. The fourth-order valence-corrected chi connectivity index (χ4v) is 4.32. The molecule has 2 aromatic rings. The highest BCUT2D eigenvalue weighted by molar-refractivity contribution is 5.84. The number of amides is 4. The van der Waals surface area contributed by atoms with Gasteiger partial charge in [0.05, 0.1) is 14.2 Å². The van der Waals surface area contributed by atoms with Crippen LogP contribution in [0.2, 0.25) is 0 Å². The third-order valence-corrected chi connectivity index (χ3v) is 6.51. The average molecular weight is 540 g/mol. The normalized spacial score (nSPS) is 15.0. The van der Waals surface area contributed by atoms with Crippen molar-refractivity contribution >= 4 is 24.0 Å². The zero-order valence-electron chi connectivity index (χ0n) is 22.4. The number of nitrogens with zero attached hydrogens (tertiary/aromatic N) is 2. The fourth-order valence-electron chi connectivity index (χ4n) is 4.32. The second kappa shape index (κ2) is 15.3. The molecule has 1 saturated heterocycles. The van der Waals surface area contributed by atoms with Gasteiger partial charge in [-0.25, -0.2) is 19.2 Å². The third-order valence-electron chi connectivity index (χ3n) is 6.51. The first-order chi connectivity index (χ1) is 18.9. The topological polar surface area (TPSA) is 129 Å². The van der Waals surface area contributed by atoms with Crippen LogP contribution in [-0.2, 0) is 31.9 Å². The molecule has 3 N–H and O–H groups in total. The molecule has 0 aliphatic carbocycles. The second-order valence-electron chi connectivity index (χ2n) is 9.21. The lowest BCUT2D eigenvalue weighted by molar-refractivity contribution is -0.143. The number of carbonyl (C=O) groups is 4. The van der Waals surface area contributed by atoms with Crippen molar-refractivity contribution in [2.75, 3.05) is 53.5 Å². The van der Waals surface area contributed by atoms with E-state index in [9.17, 15) is 19.2 Å². The highest BCUT2D eigenvalue weighted by Crippen LogP contribution is 2.08. The van der Waals surface area contributed by atoms with Crippen molar-refractivity contribution in [3.63, 3.8) is 0 Å². The van der Waals surface area contributed by atoms with Gasteiger partial charge in [0.15, 0.2) is 0 Å². The largest absolute Gasteiger partial charge is 0.467 e. The third kappa shape index (κ3) is 9.60. The fraction of sp³-hybridized carbons (Fsp3) is 0.429. The van der Waals surface area contributed by atoms with E-state index in [4.69, 9.17) is 9.47 Å². The van der Waals surface area contributed by atoms with E-state index in [0.717, 1.165) is 11.1 Å². The first kappa shape index (κ1) is 29.4. The number of nitrogens with one attached hydrogen (secondary N) is 3. The first-order valence-electron chi connectivity index (χ1n) is 12.9. The molecule has 0 aromatic heterocycles. The summed E-state index contributed by atoms with van der Waals surface area (Å²) in [5, 5.41) is 8.27. The molecule has 1 heterocycles. The molecule has 2 aromatic carbocycles. The molecular weight excluding hydrogens is 502 g/mol. The van der Waals surface area contributed by atoms with E-state index in [2.05, 4.69) is 20.9 Å². The molecule has 0 saturated carbocycles. The van der Waals surface area contributed by atoms with Gasteiger partial charge < -0.3 is 30.3 Å². The molecule has 11 heteroatoms. The summed E-state index contributed by atoms with van der Waals surface area (Å²) in [7, 11) is 2.59. The Morgan fingerprint density at radius 3 is 1.72 bits per heavy atom. The number of benzene rings is 2. The minimum absolute atomic E-state index is 0.314. The van der Waals surface area contributed by atoms with Crippen LogP contribution in [-0.4, -0.2) is 99.4 Å². The molecule has 1 fully saturated rings. The summed E-state index contributed by atoms with van der Waals surface area (Å²) in [6, 6.07) is 16.5. The van der Waals surface area contributed by atoms with E-state index in [0.29, 0.717) is 52.1 Å². The maximum Gasteiger partial charge on any atom is 0.328 e. The zero-order valence-corrected chi connectivity index (χ0v) is 22.4. The van der Waals surface area contributed by atoms with Gasteiger partial charge in [-0.1, -0.05) is 60.7 Å². The van der Waals surface area contributed by atoms with Crippen LogP contribution in [0.5, 0.6) is 0 Å². The van der Waals surface area contributed by atoms with Crippen LogP contribution in [0.3, 0.4) is 0 Å². The summed E-state index contributed by atoms with van der Waals surface area (Å²) in [6.45, 7) is 3.17. The van der Waals surface area contributed by atoms with Crippen molar-refractivity contribution in [3.05, 3.63) is 71.8 Å². The van der Waals surface area contributed by atoms with Gasteiger partial charge >= 0.3 is 24.0 Å². The maximum atomic E-state index is 12.8. The van der Waals surface area contributed by atoms with Gasteiger partial charge in [-0.05, 0) is 11.1 Å². The second-order valence-corrected chi connectivity index (χ2v) is 9.21. The smallest absolute Gasteiger partial charge is 0.328 e. The molecule has 3 rings (SSSR count). The number of methoxy groups -OCH3 is 2. The van der Waals surface area contributed by atoms with Crippen LogP contribution in [0.25, 0.3) is 0 Å². The molecule has 2 atom stereocenters. The summed E-state index contributed by atoms with van der Waals surface area (Å²) in [5.74, 6) is -1.00. The van der Waals surface area contributed by atoms with E-state index in [1.807, 2.05) is 60.7 Å². The standard InChI is InChI=1S/C28H37N5O6/c1-38-25(34)23(19-21-9-5-3-6-10-21)30-27(36)29-13-14-32-15-17-33(18-16-32)28(37)31-24(26(35)39-2)20-22-11-7-4-8-12-22/h3-12,23-24H,13-20H2,1-2H3,(H,31,37)(H2,29,30,36). The van der Waals surface area contributed by atoms with Crippen molar-refractivity contribution < 1.29 is 28.7 Å². The Labute approximate surface area is 228 Å². The van der Waals surface area contributed by atoms with Crippen molar-refractivity contribution in [3.8, 4) is 0 Å². The van der Waals surface area contributed by atoms with Crippen LogP contribution < -0.4 is 16.0 Å². The molecule has 0 spiro atoms. The first-order valence-corrected chi connectivity index (χ1v) is 12.9. The Bertz CT molecular complexity index is 1070. The van der Waals surface area contributed by atoms with E-state index in [1.54, 1.807) is 4.90 Å². The van der Waals surface area contributed by atoms with Gasteiger partial charge in [0.2, 0.25) is 0 Å². The Morgan fingerprint density at radius 2 is 1.23 bits per heavy atom. The maximum absolute atomic E-state index is 12.8. The van der Waals surface area contributed by atoms with Crippen LogP contribution >= 0.6 is 0 Å². The Hall–Kier alpha value is -4.12. The Kier molecular flexibility index (Phi) is 11.6. The van der Waals surface area contributed by atoms with Crippen LogP contribution in [0.15, 0.2) is 60.7 Å². The molecule has 1 aliphatic rings. The highest BCUT2D eigenvalue weighted by atomic mass is 16.5. The molecular formula is C28H37N5O6. The molecule has 11 nitrogen and oxygen atoms in total. The van der Waals surface area contributed by atoms with Crippen molar-refractivity contribution in [1.82, 2.24) is 25.8 Å². The van der Waals surface area contributed by atoms with Gasteiger partial charge in [-0.15, -0.1) is 0 Å². The molecule has 2 unspecified atom stereocenters. The molecule has 0 bridgehead atoms. The molecule has 39 heavy (non-hydrogen) atoms. The minimum Gasteiger partial charge on any atom is -0.467 e. The predicted octanol–water partition coefficient (Wildman–Crippen LogP) is 1.18. The molecule has 4 amide bonds. The lowest BCUT2D eigenvalue weighted by Crippen LogP contribution is -2.56. The van der Waals surface area contributed by atoms with Gasteiger partial charge in [0.25, 0.3) is 0 Å². The van der Waals surface area contributed by atoms with E-state index in [1.165, 1.54) is 14.2 Å².